The molecule has 2 rings (SSSR count). The van der Waals surface area contributed by atoms with E-state index in [1.165, 1.54) is 21.7 Å². The Morgan fingerprint density at radius 1 is 1.42 bits per heavy atom. The van der Waals surface area contributed by atoms with Crippen molar-refractivity contribution in [3.63, 3.8) is 0 Å². The second-order valence-electron chi connectivity index (χ2n) is 4.00. The van der Waals surface area contributed by atoms with E-state index in [-0.39, 0.29) is 10.8 Å². The maximum absolute atomic E-state index is 12.3. The average Bonchev–Trinajstić information content (AvgIpc) is 2.99. The number of aliphatic hydroxyl groups is 1. The summed E-state index contributed by atoms with van der Waals surface area (Å²) < 4.78 is 26.2. The number of thiophene rings is 1. The summed E-state index contributed by atoms with van der Waals surface area (Å²) in [5.74, 6) is 0. The van der Waals surface area contributed by atoms with Crippen LogP contribution in [0.25, 0.3) is 0 Å². The predicted molar refractivity (Wildman–Crippen MR) is 75.7 cm³/mol. The SMILES string of the molecule is Cc1ncsc1CN(C)S(=O)(=O)c1ccc(CO)s1. The van der Waals surface area contributed by atoms with Crippen LogP contribution in [0.15, 0.2) is 21.9 Å². The Bertz CT molecular complexity index is 660. The van der Waals surface area contributed by atoms with E-state index in [1.54, 1.807) is 18.6 Å². The lowest BCUT2D eigenvalue weighted by Gasteiger charge is -2.15. The van der Waals surface area contributed by atoms with Crippen molar-refractivity contribution in [2.75, 3.05) is 7.05 Å². The first-order valence-electron chi connectivity index (χ1n) is 5.50. The maximum atomic E-state index is 12.3. The number of thiazole rings is 1. The van der Waals surface area contributed by atoms with E-state index >= 15 is 0 Å². The van der Waals surface area contributed by atoms with Crippen LogP contribution in [0.3, 0.4) is 0 Å². The molecule has 2 aromatic heterocycles. The van der Waals surface area contributed by atoms with Gasteiger partial charge in [-0.05, 0) is 19.1 Å². The summed E-state index contributed by atoms with van der Waals surface area (Å²) in [4.78, 5) is 5.68. The highest BCUT2D eigenvalue weighted by atomic mass is 32.2. The minimum atomic E-state index is -3.50. The fourth-order valence-corrected chi connectivity index (χ4v) is 4.98. The molecule has 0 radical (unpaired) electrons. The van der Waals surface area contributed by atoms with Crippen LogP contribution in [0.1, 0.15) is 15.4 Å². The largest absolute Gasteiger partial charge is 0.391 e. The van der Waals surface area contributed by atoms with Gasteiger partial charge in [0.15, 0.2) is 0 Å². The number of sulfonamides is 1. The highest BCUT2D eigenvalue weighted by Crippen LogP contribution is 2.26. The van der Waals surface area contributed by atoms with Crippen LogP contribution in [0.2, 0.25) is 0 Å². The van der Waals surface area contributed by atoms with Gasteiger partial charge in [-0.3, -0.25) is 0 Å². The van der Waals surface area contributed by atoms with Crippen LogP contribution < -0.4 is 0 Å². The first-order chi connectivity index (χ1) is 8.95. The molecule has 19 heavy (non-hydrogen) atoms. The summed E-state index contributed by atoms with van der Waals surface area (Å²) in [5, 5.41) is 8.99. The van der Waals surface area contributed by atoms with E-state index in [1.807, 2.05) is 6.92 Å². The van der Waals surface area contributed by atoms with E-state index in [0.717, 1.165) is 21.9 Å². The minimum absolute atomic E-state index is 0.141. The third-order valence-corrected chi connectivity index (χ3v) is 6.93. The quantitative estimate of drug-likeness (QED) is 0.913. The Labute approximate surface area is 120 Å². The molecular formula is C11H14N2O3S3. The molecule has 0 spiro atoms. The van der Waals surface area contributed by atoms with Gasteiger partial charge in [0.25, 0.3) is 10.0 Å². The summed E-state index contributed by atoms with van der Waals surface area (Å²) in [6, 6.07) is 3.16. The van der Waals surface area contributed by atoms with Gasteiger partial charge in [-0.1, -0.05) is 0 Å². The standard InChI is InChI=1S/C11H14N2O3S3/c1-8-10(17-7-12-8)5-13(2)19(15,16)11-4-3-9(6-14)18-11/h3-4,7,14H,5-6H2,1-2H3. The van der Waals surface area contributed by atoms with Crippen LogP contribution in [-0.4, -0.2) is 29.9 Å². The smallest absolute Gasteiger partial charge is 0.252 e. The van der Waals surface area contributed by atoms with Crippen molar-refractivity contribution in [3.8, 4) is 0 Å². The van der Waals surface area contributed by atoms with Gasteiger partial charge in [0.05, 0.1) is 17.8 Å². The fraction of sp³-hybridized carbons (Fsp3) is 0.364. The number of rotatable bonds is 5. The number of hydrogen-bond donors (Lipinski definition) is 1. The molecule has 0 amide bonds. The molecule has 0 saturated carbocycles. The van der Waals surface area contributed by atoms with E-state index in [2.05, 4.69) is 4.98 Å². The Morgan fingerprint density at radius 2 is 2.16 bits per heavy atom. The van der Waals surface area contributed by atoms with E-state index in [9.17, 15) is 8.42 Å². The number of hydrogen-bond acceptors (Lipinski definition) is 6. The van der Waals surface area contributed by atoms with Crippen molar-refractivity contribution in [2.45, 2.75) is 24.3 Å². The predicted octanol–water partition coefficient (Wildman–Crippen LogP) is 1.83. The van der Waals surface area contributed by atoms with Gasteiger partial charge >= 0.3 is 0 Å². The third-order valence-electron chi connectivity index (χ3n) is 2.67. The lowest BCUT2D eigenvalue weighted by atomic mass is 10.4. The molecule has 0 aliphatic rings. The molecule has 0 atom stereocenters. The molecule has 1 N–H and O–H groups in total. The summed E-state index contributed by atoms with van der Waals surface area (Å²) in [7, 11) is -1.95. The zero-order chi connectivity index (χ0) is 14.0. The monoisotopic (exact) mass is 318 g/mol. The zero-order valence-electron chi connectivity index (χ0n) is 10.5. The van der Waals surface area contributed by atoms with Crippen molar-refractivity contribution < 1.29 is 13.5 Å². The zero-order valence-corrected chi connectivity index (χ0v) is 13.0. The molecule has 0 saturated heterocycles. The van der Waals surface area contributed by atoms with Crippen molar-refractivity contribution in [3.05, 3.63) is 33.1 Å². The van der Waals surface area contributed by atoms with Gasteiger partial charge in [-0.15, -0.1) is 22.7 Å². The average molecular weight is 318 g/mol. The van der Waals surface area contributed by atoms with Crippen LogP contribution in [0.4, 0.5) is 0 Å². The minimum Gasteiger partial charge on any atom is -0.391 e. The molecule has 0 aliphatic carbocycles. The first kappa shape index (κ1) is 14.6. The van der Waals surface area contributed by atoms with Crippen LogP contribution in [0.5, 0.6) is 0 Å². The summed E-state index contributed by atoms with van der Waals surface area (Å²) in [6.07, 6.45) is 0. The number of aromatic nitrogens is 1. The van der Waals surface area contributed by atoms with Gasteiger partial charge in [0, 0.05) is 23.3 Å². The molecule has 0 aliphatic heterocycles. The lowest BCUT2D eigenvalue weighted by molar-refractivity contribution is 0.285. The molecule has 8 heteroatoms. The number of nitrogens with zero attached hydrogens (tertiary/aromatic N) is 2. The summed E-state index contributed by atoms with van der Waals surface area (Å²) >= 11 is 2.54. The molecule has 0 unspecified atom stereocenters. The summed E-state index contributed by atoms with van der Waals surface area (Å²) in [6.45, 7) is 2.03. The van der Waals surface area contributed by atoms with Gasteiger partial charge in [-0.2, -0.15) is 4.31 Å². The number of aryl methyl sites for hydroxylation is 1. The molecular weight excluding hydrogens is 304 g/mol. The topological polar surface area (TPSA) is 70.5 Å². The van der Waals surface area contributed by atoms with Crippen molar-refractivity contribution in [1.29, 1.82) is 0 Å². The second-order valence-corrected chi connectivity index (χ2v) is 8.38. The Balaban J connectivity index is 2.22. The highest BCUT2D eigenvalue weighted by molar-refractivity contribution is 7.91. The Kier molecular flexibility index (Phi) is 4.36. The first-order valence-corrected chi connectivity index (χ1v) is 8.63. The summed E-state index contributed by atoms with van der Waals surface area (Å²) in [5.41, 5.74) is 2.56. The van der Waals surface area contributed by atoms with Crippen molar-refractivity contribution in [2.24, 2.45) is 0 Å². The normalized spacial score (nSPS) is 12.2. The Morgan fingerprint density at radius 3 is 2.68 bits per heavy atom. The third kappa shape index (κ3) is 3.03. The second kappa shape index (κ2) is 5.68. The van der Waals surface area contributed by atoms with Crippen LogP contribution >= 0.6 is 22.7 Å². The van der Waals surface area contributed by atoms with Gasteiger partial charge in [-0.25, -0.2) is 13.4 Å². The Hall–Kier alpha value is -0.800. The number of aliphatic hydroxyl groups excluding tert-OH is 1. The molecule has 2 aromatic rings. The maximum Gasteiger partial charge on any atom is 0.252 e. The van der Waals surface area contributed by atoms with E-state index < -0.39 is 10.0 Å². The fourth-order valence-electron chi connectivity index (χ4n) is 1.50. The van der Waals surface area contributed by atoms with Gasteiger partial charge in [0.1, 0.15) is 4.21 Å². The van der Waals surface area contributed by atoms with Crippen LogP contribution in [-0.2, 0) is 23.2 Å². The van der Waals surface area contributed by atoms with Gasteiger partial charge < -0.3 is 5.11 Å². The molecule has 0 bridgehead atoms. The van der Waals surface area contributed by atoms with E-state index in [4.69, 9.17) is 5.11 Å². The highest BCUT2D eigenvalue weighted by Gasteiger charge is 2.23. The molecule has 0 fully saturated rings. The van der Waals surface area contributed by atoms with Crippen molar-refractivity contribution in [1.82, 2.24) is 9.29 Å². The lowest BCUT2D eigenvalue weighted by Crippen LogP contribution is -2.25. The van der Waals surface area contributed by atoms with E-state index in [0.29, 0.717) is 11.4 Å². The molecule has 2 heterocycles. The van der Waals surface area contributed by atoms with Crippen LogP contribution in [0, 0.1) is 6.92 Å². The molecule has 104 valence electrons. The molecule has 0 aromatic carbocycles. The van der Waals surface area contributed by atoms with Crippen molar-refractivity contribution >= 4 is 32.7 Å². The molecule has 5 nitrogen and oxygen atoms in total. The van der Waals surface area contributed by atoms with Gasteiger partial charge in [0.2, 0.25) is 0 Å².